The van der Waals surface area contributed by atoms with Gasteiger partial charge >= 0.3 is 0 Å². The summed E-state index contributed by atoms with van der Waals surface area (Å²) >= 11 is 0. The van der Waals surface area contributed by atoms with E-state index in [1.54, 1.807) is 11.0 Å². The van der Waals surface area contributed by atoms with Crippen LogP contribution in [0.5, 0.6) is 5.75 Å². The molecule has 1 aromatic carbocycles. The first-order valence-electron chi connectivity index (χ1n) is 6.39. The van der Waals surface area contributed by atoms with Crippen LogP contribution < -0.4 is 9.64 Å². The average molecular weight is 272 g/mol. The van der Waals surface area contributed by atoms with Crippen LogP contribution in [0.15, 0.2) is 42.0 Å². The Morgan fingerprint density at radius 1 is 1.60 bits per heavy atom. The predicted molar refractivity (Wildman–Crippen MR) is 76.6 cm³/mol. The number of ether oxygens (including phenoxy) is 1. The lowest BCUT2D eigenvalue weighted by molar-refractivity contribution is -0.117. The second kappa shape index (κ2) is 6.63. The fourth-order valence-corrected chi connectivity index (χ4v) is 2.20. The van der Waals surface area contributed by atoms with E-state index >= 15 is 0 Å². The molecule has 1 aliphatic rings. The minimum Gasteiger partial charge on any atom is -0.489 e. The van der Waals surface area contributed by atoms with E-state index in [-0.39, 0.29) is 11.8 Å². The minimum atomic E-state index is 0.0454. The fraction of sp³-hybridized carbons (Fsp3) is 0.357. The van der Waals surface area contributed by atoms with Crippen molar-refractivity contribution in [2.24, 2.45) is 11.0 Å². The van der Waals surface area contributed by atoms with Crippen molar-refractivity contribution < 1.29 is 9.53 Å². The van der Waals surface area contributed by atoms with Crippen molar-refractivity contribution in [3.05, 3.63) is 47.4 Å². The van der Waals surface area contributed by atoms with Gasteiger partial charge in [0.25, 0.3) is 0 Å². The molecule has 6 heteroatoms. The topological polar surface area (TPSA) is 78.3 Å². The summed E-state index contributed by atoms with van der Waals surface area (Å²) in [4.78, 5) is 16.5. The summed E-state index contributed by atoms with van der Waals surface area (Å²) in [5.41, 5.74) is 9.13. The highest BCUT2D eigenvalue weighted by Crippen LogP contribution is 2.28. The molecule has 2 rings (SSSR count). The van der Waals surface area contributed by atoms with Crippen molar-refractivity contribution in [2.45, 2.75) is 6.42 Å². The van der Waals surface area contributed by atoms with Crippen LogP contribution in [-0.4, -0.2) is 25.6 Å². The number of rotatable bonds is 6. The van der Waals surface area contributed by atoms with Crippen LogP contribution in [0.3, 0.4) is 0 Å². The molecule has 0 aromatic heterocycles. The van der Waals surface area contributed by atoms with Crippen molar-refractivity contribution in [1.82, 2.24) is 0 Å². The molecule has 1 fully saturated rings. The third-order valence-electron chi connectivity index (χ3n) is 3.11. The zero-order chi connectivity index (χ0) is 14.4. The first-order chi connectivity index (χ1) is 9.74. The van der Waals surface area contributed by atoms with Crippen molar-refractivity contribution in [3.63, 3.8) is 0 Å². The Morgan fingerprint density at radius 2 is 2.45 bits per heavy atom. The molecule has 0 N–H and O–H groups in total. The van der Waals surface area contributed by atoms with Gasteiger partial charge in [-0.3, -0.25) is 4.79 Å². The Bertz CT molecular complexity index is 552. The van der Waals surface area contributed by atoms with E-state index in [1.165, 1.54) is 0 Å². The molecule has 0 aliphatic carbocycles. The summed E-state index contributed by atoms with van der Waals surface area (Å²) in [6, 6.07) is 7.39. The molecule has 0 radical (unpaired) electrons. The number of hydrogen-bond donors (Lipinski definition) is 0. The molecule has 1 aromatic rings. The van der Waals surface area contributed by atoms with E-state index < -0.39 is 0 Å². The van der Waals surface area contributed by atoms with Crippen molar-refractivity contribution in [2.75, 3.05) is 24.6 Å². The highest BCUT2D eigenvalue weighted by Gasteiger charge is 2.30. The van der Waals surface area contributed by atoms with Crippen LogP contribution in [0.2, 0.25) is 0 Å². The first-order valence-corrected chi connectivity index (χ1v) is 6.39. The molecule has 104 valence electrons. The van der Waals surface area contributed by atoms with Gasteiger partial charge in [-0.2, -0.15) is 0 Å². The Kier molecular flexibility index (Phi) is 4.63. The van der Waals surface area contributed by atoms with Crippen LogP contribution in [0.1, 0.15) is 6.42 Å². The van der Waals surface area contributed by atoms with E-state index in [2.05, 4.69) is 16.6 Å². The second-order valence-electron chi connectivity index (χ2n) is 4.58. The number of anilines is 1. The van der Waals surface area contributed by atoms with Gasteiger partial charge in [0, 0.05) is 36.2 Å². The molecule has 0 saturated carbocycles. The van der Waals surface area contributed by atoms with Gasteiger partial charge in [-0.1, -0.05) is 23.8 Å². The van der Waals surface area contributed by atoms with Gasteiger partial charge in [-0.15, -0.1) is 0 Å². The van der Waals surface area contributed by atoms with Crippen molar-refractivity contribution >= 4 is 11.6 Å². The highest BCUT2D eigenvalue weighted by atomic mass is 16.5. The number of carbonyl (C=O) groups is 1. The minimum absolute atomic E-state index is 0.0454. The summed E-state index contributed by atoms with van der Waals surface area (Å²) in [6.07, 6.45) is 2.08. The van der Waals surface area contributed by atoms with Crippen molar-refractivity contribution in [3.8, 4) is 5.75 Å². The third-order valence-corrected chi connectivity index (χ3v) is 3.11. The van der Waals surface area contributed by atoms with Gasteiger partial charge in [-0.05, 0) is 23.6 Å². The third kappa shape index (κ3) is 3.30. The highest BCUT2D eigenvalue weighted by molar-refractivity contribution is 5.95. The van der Waals surface area contributed by atoms with Gasteiger partial charge in [0.05, 0.1) is 0 Å². The Balaban J connectivity index is 2.09. The Labute approximate surface area is 117 Å². The van der Waals surface area contributed by atoms with Gasteiger partial charge in [0.15, 0.2) is 0 Å². The average Bonchev–Trinajstić information content (AvgIpc) is 2.84. The number of hydrogen-bond acceptors (Lipinski definition) is 3. The number of azide groups is 1. The summed E-state index contributed by atoms with van der Waals surface area (Å²) in [7, 11) is 0. The zero-order valence-electron chi connectivity index (χ0n) is 11.1. The van der Waals surface area contributed by atoms with E-state index in [4.69, 9.17) is 10.3 Å². The summed E-state index contributed by atoms with van der Waals surface area (Å²) in [6.45, 7) is 4.95. The maximum absolute atomic E-state index is 12.0. The molecule has 1 unspecified atom stereocenters. The van der Waals surface area contributed by atoms with Gasteiger partial charge in [-0.25, -0.2) is 0 Å². The number of nitrogens with zero attached hydrogens (tertiary/aromatic N) is 4. The molecule has 0 bridgehead atoms. The normalized spacial score (nSPS) is 17.7. The molecule has 1 saturated heterocycles. The fourth-order valence-electron chi connectivity index (χ4n) is 2.20. The largest absolute Gasteiger partial charge is 0.489 e. The molecular formula is C14H16N4O2. The molecule has 1 heterocycles. The summed E-state index contributed by atoms with van der Waals surface area (Å²) < 4.78 is 5.46. The summed E-state index contributed by atoms with van der Waals surface area (Å²) in [5, 5.41) is 3.54. The molecule has 20 heavy (non-hydrogen) atoms. The van der Waals surface area contributed by atoms with Crippen LogP contribution >= 0.6 is 0 Å². The maximum Gasteiger partial charge on any atom is 0.227 e. The molecule has 1 amide bonds. The Morgan fingerprint density at radius 3 is 3.20 bits per heavy atom. The number of carbonyl (C=O) groups excluding carboxylic acids is 1. The molecule has 6 nitrogen and oxygen atoms in total. The monoisotopic (exact) mass is 272 g/mol. The molecule has 0 spiro atoms. The van der Waals surface area contributed by atoms with E-state index in [0.29, 0.717) is 31.9 Å². The number of amides is 1. The van der Waals surface area contributed by atoms with Gasteiger partial charge < -0.3 is 9.64 Å². The predicted octanol–water partition coefficient (Wildman–Crippen LogP) is 2.91. The van der Waals surface area contributed by atoms with Gasteiger partial charge in [0.2, 0.25) is 5.91 Å². The van der Waals surface area contributed by atoms with E-state index in [0.717, 1.165) is 5.69 Å². The van der Waals surface area contributed by atoms with Crippen LogP contribution in [0.4, 0.5) is 5.69 Å². The first kappa shape index (κ1) is 14.0. The lowest BCUT2D eigenvalue weighted by atomic mass is 10.1. The SMILES string of the molecule is C=CCOc1cccc(N2CC(CN=[N+]=[N-])CC2=O)c1. The lowest BCUT2D eigenvalue weighted by Gasteiger charge is -2.17. The van der Waals surface area contributed by atoms with E-state index in [1.807, 2.05) is 24.3 Å². The van der Waals surface area contributed by atoms with Gasteiger partial charge in [0.1, 0.15) is 12.4 Å². The second-order valence-corrected chi connectivity index (χ2v) is 4.58. The number of benzene rings is 1. The van der Waals surface area contributed by atoms with Crippen LogP contribution in [0, 0.1) is 5.92 Å². The quantitative estimate of drug-likeness (QED) is 0.345. The maximum atomic E-state index is 12.0. The van der Waals surface area contributed by atoms with Crippen LogP contribution in [0.25, 0.3) is 10.4 Å². The van der Waals surface area contributed by atoms with E-state index in [9.17, 15) is 4.79 Å². The van der Waals surface area contributed by atoms with Crippen molar-refractivity contribution in [1.29, 1.82) is 0 Å². The molecular weight excluding hydrogens is 256 g/mol. The lowest BCUT2D eigenvalue weighted by Crippen LogP contribution is -2.24. The summed E-state index contributed by atoms with van der Waals surface area (Å²) in [5.74, 6) is 0.828. The zero-order valence-corrected chi connectivity index (χ0v) is 11.1. The van der Waals surface area contributed by atoms with Crippen LogP contribution in [-0.2, 0) is 4.79 Å². The Hall–Kier alpha value is -2.46. The molecule has 1 aliphatic heterocycles. The standard InChI is InChI=1S/C14H16N4O2/c1-2-6-20-13-5-3-4-12(8-13)18-10-11(7-14(18)19)9-16-17-15/h2-5,8,11H,1,6-7,9-10H2. The molecule has 1 atom stereocenters. The smallest absolute Gasteiger partial charge is 0.227 e.